The van der Waals surface area contributed by atoms with Gasteiger partial charge in [-0.3, -0.25) is 4.68 Å². The number of nitrogens with one attached hydrogen (secondary N) is 1. The molecule has 1 unspecified atom stereocenters. The normalized spacial score (nSPS) is 14.9. The van der Waals surface area contributed by atoms with Crippen molar-refractivity contribution in [1.29, 1.82) is 0 Å². The highest BCUT2D eigenvalue weighted by Gasteiger charge is 2.25. The number of halogens is 1. The molecule has 0 amide bonds. The number of aliphatic hydroxyl groups is 1. The maximum absolute atomic E-state index is 10.3. The summed E-state index contributed by atoms with van der Waals surface area (Å²) in [6, 6.07) is 0. The molecule has 98 valence electrons. The molecule has 0 aliphatic heterocycles. The highest BCUT2D eigenvalue weighted by atomic mass is 35.5. The molecule has 2 N–H and O–H groups in total. The predicted octanol–water partition coefficient (Wildman–Crippen LogP) is 1.54. The van der Waals surface area contributed by atoms with Crippen LogP contribution < -0.4 is 5.32 Å². The summed E-state index contributed by atoms with van der Waals surface area (Å²) in [7, 11) is 3.75. The van der Waals surface area contributed by atoms with Crippen molar-refractivity contribution in [2.24, 2.45) is 7.05 Å². The molecule has 1 rings (SSSR count). The van der Waals surface area contributed by atoms with Crippen LogP contribution in [-0.4, -0.2) is 34.1 Å². The Morgan fingerprint density at radius 1 is 1.53 bits per heavy atom. The van der Waals surface area contributed by atoms with Crippen molar-refractivity contribution in [3.8, 4) is 0 Å². The maximum atomic E-state index is 10.3. The molecule has 0 saturated carbocycles. The van der Waals surface area contributed by atoms with Crippen LogP contribution in [0.4, 0.5) is 0 Å². The largest absolute Gasteiger partial charge is 0.390 e. The third kappa shape index (κ3) is 3.69. The first-order valence-electron chi connectivity index (χ1n) is 5.98. The molecule has 0 radical (unpaired) electrons. The Kier molecular flexibility index (Phi) is 4.98. The van der Waals surface area contributed by atoms with Gasteiger partial charge in [0.25, 0.3) is 0 Å². The highest BCUT2D eigenvalue weighted by molar-refractivity contribution is 6.31. The van der Waals surface area contributed by atoms with Crippen molar-refractivity contribution < 1.29 is 5.11 Å². The maximum Gasteiger partial charge on any atom is 0.0850 e. The minimum atomic E-state index is -0.758. The summed E-state index contributed by atoms with van der Waals surface area (Å²) in [6.45, 7) is 4.64. The zero-order valence-electron chi connectivity index (χ0n) is 11.0. The molecule has 0 aliphatic carbocycles. The van der Waals surface area contributed by atoms with Gasteiger partial charge < -0.3 is 10.4 Å². The van der Waals surface area contributed by atoms with Crippen molar-refractivity contribution in [2.45, 2.75) is 38.7 Å². The van der Waals surface area contributed by atoms with Crippen LogP contribution in [0.25, 0.3) is 0 Å². The zero-order valence-corrected chi connectivity index (χ0v) is 11.8. The standard InChI is InChI=1S/C12H22ClN3O/c1-5-9-11(13)10(16(4)15-9)8-12(2,17)6-7-14-3/h14,17H,5-8H2,1-4H3. The van der Waals surface area contributed by atoms with E-state index < -0.39 is 5.60 Å². The summed E-state index contributed by atoms with van der Waals surface area (Å²) in [5.74, 6) is 0. The predicted molar refractivity (Wildman–Crippen MR) is 70.5 cm³/mol. The molecule has 0 saturated heterocycles. The van der Waals surface area contributed by atoms with E-state index in [4.69, 9.17) is 11.6 Å². The van der Waals surface area contributed by atoms with E-state index in [2.05, 4.69) is 10.4 Å². The van der Waals surface area contributed by atoms with Gasteiger partial charge in [0.05, 0.1) is 22.0 Å². The lowest BCUT2D eigenvalue weighted by atomic mass is 9.96. The Hall–Kier alpha value is -0.580. The fourth-order valence-electron chi connectivity index (χ4n) is 1.86. The molecular weight excluding hydrogens is 238 g/mol. The van der Waals surface area contributed by atoms with Crippen LogP contribution in [0.1, 0.15) is 31.7 Å². The van der Waals surface area contributed by atoms with Gasteiger partial charge in [-0.05, 0) is 33.4 Å². The molecule has 17 heavy (non-hydrogen) atoms. The quantitative estimate of drug-likeness (QED) is 0.815. The minimum absolute atomic E-state index is 0.525. The molecule has 0 bridgehead atoms. The monoisotopic (exact) mass is 259 g/mol. The zero-order chi connectivity index (χ0) is 13.1. The lowest BCUT2D eigenvalue weighted by Crippen LogP contribution is -2.32. The van der Waals surface area contributed by atoms with Crippen molar-refractivity contribution in [1.82, 2.24) is 15.1 Å². The number of rotatable bonds is 6. The lowest BCUT2D eigenvalue weighted by Gasteiger charge is -2.23. The first kappa shape index (κ1) is 14.5. The number of nitrogens with zero attached hydrogens (tertiary/aromatic N) is 2. The van der Waals surface area contributed by atoms with Gasteiger partial charge in [-0.15, -0.1) is 0 Å². The number of hydrogen-bond donors (Lipinski definition) is 2. The van der Waals surface area contributed by atoms with Gasteiger partial charge in [0.1, 0.15) is 0 Å². The van der Waals surface area contributed by atoms with E-state index in [1.165, 1.54) is 0 Å². The summed E-state index contributed by atoms with van der Waals surface area (Å²) in [6.07, 6.45) is 2.02. The van der Waals surface area contributed by atoms with Gasteiger partial charge in [-0.25, -0.2) is 0 Å². The molecule has 0 spiro atoms. The second-order valence-corrected chi connectivity index (χ2v) is 5.09. The van der Waals surface area contributed by atoms with Gasteiger partial charge in [0, 0.05) is 13.5 Å². The molecule has 0 aromatic carbocycles. The molecule has 5 heteroatoms. The van der Waals surface area contributed by atoms with Crippen molar-refractivity contribution in [3.05, 3.63) is 16.4 Å². The van der Waals surface area contributed by atoms with Gasteiger partial charge in [0.2, 0.25) is 0 Å². The summed E-state index contributed by atoms with van der Waals surface area (Å²) >= 11 is 6.26. The van der Waals surface area contributed by atoms with Crippen molar-refractivity contribution in [2.75, 3.05) is 13.6 Å². The minimum Gasteiger partial charge on any atom is -0.390 e. The lowest BCUT2D eigenvalue weighted by molar-refractivity contribution is 0.0502. The van der Waals surface area contributed by atoms with Crippen LogP contribution in [0, 0.1) is 0 Å². The average molecular weight is 260 g/mol. The molecule has 1 atom stereocenters. The van der Waals surface area contributed by atoms with Crippen LogP contribution in [-0.2, 0) is 19.9 Å². The molecule has 0 aliphatic rings. The number of hydrogen-bond acceptors (Lipinski definition) is 3. The van der Waals surface area contributed by atoms with Gasteiger partial charge in [0.15, 0.2) is 0 Å². The second-order valence-electron chi connectivity index (χ2n) is 4.71. The van der Waals surface area contributed by atoms with E-state index in [0.717, 1.165) is 24.4 Å². The summed E-state index contributed by atoms with van der Waals surface area (Å²) in [5, 5.41) is 18.4. The van der Waals surface area contributed by atoms with Crippen LogP contribution in [0.3, 0.4) is 0 Å². The van der Waals surface area contributed by atoms with E-state index in [1.807, 2.05) is 27.9 Å². The molecule has 1 aromatic rings. The van der Waals surface area contributed by atoms with Crippen molar-refractivity contribution in [3.63, 3.8) is 0 Å². The van der Waals surface area contributed by atoms with Crippen LogP contribution in [0.5, 0.6) is 0 Å². The first-order chi connectivity index (χ1) is 7.91. The van der Waals surface area contributed by atoms with Crippen LogP contribution in [0.2, 0.25) is 5.02 Å². The van der Waals surface area contributed by atoms with E-state index >= 15 is 0 Å². The Balaban J connectivity index is 2.83. The third-order valence-corrected chi connectivity index (χ3v) is 3.40. The second kappa shape index (κ2) is 5.85. The fourth-order valence-corrected chi connectivity index (χ4v) is 2.22. The number of aryl methyl sites for hydroxylation is 2. The molecule has 4 nitrogen and oxygen atoms in total. The topological polar surface area (TPSA) is 50.1 Å². The van der Waals surface area contributed by atoms with Crippen LogP contribution >= 0.6 is 11.6 Å². The van der Waals surface area contributed by atoms with Crippen LogP contribution in [0.15, 0.2) is 0 Å². The Bertz CT molecular complexity index is 374. The van der Waals surface area contributed by atoms with E-state index in [-0.39, 0.29) is 0 Å². The molecular formula is C12H22ClN3O. The fraction of sp³-hybridized carbons (Fsp3) is 0.750. The Morgan fingerprint density at radius 3 is 2.65 bits per heavy atom. The van der Waals surface area contributed by atoms with E-state index in [1.54, 1.807) is 4.68 Å². The summed E-state index contributed by atoms with van der Waals surface area (Å²) in [4.78, 5) is 0. The average Bonchev–Trinajstić information content (AvgIpc) is 2.53. The van der Waals surface area contributed by atoms with E-state index in [0.29, 0.717) is 17.9 Å². The SMILES string of the molecule is CCc1nn(C)c(CC(C)(O)CCNC)c1Cl. The Labute approximate surface area is 108 Å². The summed E-state index contributed by atoms with van der Waals surface area (Å²) in [5.41, 5.74) is 1.05. The molecule has 1 heterocycles. The third-order valence-electron chi connectivity index (χ3n) is 2.96. The Morgan fingerprint density at radius 2 is 2.18 bits per heavy atom. The van der Waals surface area contributed by atoms with Crippen molar-refractivity contribution >= 4 is 11.6 Å². The van der Waals surface area contributed by atoms with Gasteiger partial charge in [-0.1, -0.05) is 18.5 Å². The van der Waals surface area contributed by atoms with Gasteiger partial charge >= 0.3 is 0 Å². The molecule has 0 fully saturated rings. The number of aromatic nitrogens is 2. The highest BCUT2D eigenvalue weighted by Crippen LogP contribution is 2.25. The summed E-state index contributed by atoms with van der Waals surface area (Å²) < 4.78 is 1.77. The molecule has 1 aromatic heterocycles. The van der Waals surface area contributed by atoms with Gasteiger partial charge in [-0.2, -0.15) is 5.10 Å². The first-order valence-corrected chi connectivity index (χ1v) is 6.36. The van der Waals surface area contributed by atoms with E-state index in [9.17, 15) is 5.11 Å². The smallest absolute Gasteiger partial charge is 0.0850 e.